The Morgan fingerprint density at radius 1 is 1.28 bits per heavy atom. The van der Waals surface area contributed by atoms with Gasteiger partial charge in [-0.25, -0.2) is 9.50 Å². The number of aromatic nitrogens is 6. The van der Waals surface area contributed by atoms with Crippen LogP contribution in [0.3, 0.4) is 0 Å². The number of thiazole rings is 1. The number of hydrogen-bond donors (Lipinski definition) is 2. The first kappa shape index (κ1) is 17.6. The van der Waals surface area contributed by atoms with Crippen LogP contribution in [0.1, 0.15) is 16.2 Å². The van der Waals surface area contributed by atoms with Crippen LogP contribution in [0.5, 0.6) is 0 Å². The fourth-order valence-corrected chi connectivity index (χ4v) is 3.87. The van der Waals surface area contributed by atoms with E-state index in [0.29, 0.717) is 49.5 Å². The predicted octanol–water partition coefficient (Wildman–Crippen LogP) is 1.92. The molecule has 4 aromatic heterocycles. The molecule has 1 aliphatic rings. The maximum atomic E-state index is 12.5. The summed E-state index contributed by atoms with van der Waals surface area (Å²) in [6, 6.07) is 5.80. The lowest BCUT2D eigenvalue weighted by atomic mass is 10.3. The van der Waals surface area contributed by atoms with Crippen molar-refractivity contribution < 1.29 is 4.79 Å². The van der Waals surface area contributed by atoms with E-state index in [4.69, 9.17) is 4.98 Å². The molecular formula is C18H19N9OS. The van der Waals surface area contributed by atoms with Gasteiger partial charge in [0.1, 0.15) is 11.2 Å². The van der Waals surface area contributed by atoms with Gasteiger partial charge in [-0.05, 0) is 19.1 Å². The van der Waals surface area contributed by atoms with Gasteiger partial charge in [-0.15, -0.1) is 16.4 Å². The van der Waals surface area contributed by atoms with Gasteiger partial charge in [0, 0.05) is 49.5 Å². The molecule has 1 fully saturated rings. The average Bonchev–Trinajstić information content (AvgIpc) is 3.49. The van der Waals surface area contributed by atoms with Crippen molar-refractivity contribution in [3.63, 3.8) is 0 Å². The molecule has 0 aliphatic carbocycles. The third-order valence-corrected chi connectivity index (χ3v) is 5.42. The van der Waals surface area contributed by atoms with Crippen molar-refractivity contribution in [1.29, 1.82) is 0 Å². The molecule has 0 saturated carbocycles. The van der Waals surface area contributed by atoms with E-state index in [2.05, 4.69) is 30.5 Å². The summed E-state index contributed by atoms with van der Waals surface area (Å²) in [5.41, 5.74) is 4.02. The molecule has 0 unspecified atom stereocenters. The fourth-order valence-electron chi connectivity index (χ4n) is 3.34. The van der Waals surface area contributed by atoms with E-state index in [9.17, 15) is 4.79 Å². The van der Waals surface area contributed by atoms with Crippen LogP contribution in [0.15, 0.2) is 35.3 Å². The lowest BCUT2D eigenvalue weighted by Gasteiger charge is -2.34. The van der Waals surface area contributed by atoms with Gasteiger partial charge < -0.3 is 15.1 Å². The molecule has 10 nitrogen and oxygen atoms in total. The molecule has 1 saturated heterocycles. The molecule has 0 atom stereocenters. The standard InChI is InChI=1S/C18H19N9OS/c1-12-9-15(23-22-12)20-16-14-3-2-4-27(14)24-18(21-16)26-7-5-25(6-8-26)17(28)13-10-29-11-19-13/h2-4,9-11H,5-8H2,1H3,(H2,20,21,22,23,24). The zero-order valence-corrected chi connectivity index (χ0v) is 16.6. The number of aromatic amines is 1. The summed E-state index contributed by atoms with van der Waals surface area (Å²) in [6.45, 7) is 4.46. The SMILES string of the molecule is Cc1cc(Nc2nc(N3CCN(C(=O)c4cscn4)CC3)nn3cccc23)n[nH]1. The second kappa shape index (κ2) is 7.17. The highest BCUT2D eigenvalue weighted by atomic mass is 32.1. The van der Waals surface area contributed by atoms with Gasteiger partial charge in [-0.2, -0.15) is 10.1 Å². The number of amides is 1. The van der Waals surface area contributed by atoms with Gasteiger partial charge in [0.25, 0.3) is 5.91 Å². The van der Waals surface area contributed by atoms with Crippen LogP contribution >= 0.6 is 11.3 Å². The first-order valence-corrected chi connectivity index (χ1v) is 10.2. The number of nitrogens with zero attached hydrogens (tertiary/aromatic N) is 7. The Morgan fingerprint density at radius 2 is 2.14 bits per heavy atom. The topological polar surface area (TPSA) is 107 Å². The lowest BCUT2D eigenvalue weighted by molar-refractivity contribution is 0.0741. The van der Waals surface area contributed by atoms with Gasteiger partial charge >= 0.3 is 0 Å². The number of carbonyl (C=O) groups is 1. The minimum Gasteiger partial charge on any atom is -0.336 e. The Kier molecular flexibility index (Phi) is 4.35. The number of anilines is 3. The lowest BCUT2D eigenvalue weighted by Crippen LogP contribution is -2.49. The number of hydrogen-bond acceptors (Lipinski definition) is 8. The van der Waals surface area contributed by atoms with E-state index in [1.165, 1.54) is 11.3 Å². The van der Waals surface area contributed by atoms with Gasteiger partial charge in [0.15, 0.2) is 11.6 Å². The third-order valence-electron chi connectivity index (χ3n) is 4.83. The van der Waals surface area contributed by atoms with E-state index >= 15 is 0 Å². The number of carbonyl (C=O) groups excluding carboxylic acids is 1. The summed E-state index contributed by atoms with van der Waals surface area (Å²) in [7, 11) is 0. The quantitative estimate of drug-likeness (QED) is 0.530. The predicted molar refractivity (Wildman–Crippen MR) is 110 cm³/mol. The second-order valence-electron chi connectivity index (χ2n) is 6.81. The number of nitrogens with one attached hydrogen (secondary N) is 2. The minimum atomic E-state index is -0.0241. The molecule has 4 aromatic rings. The number of aryl methyl sites for hydroxylation is 1. The smallest absolute Gasteiger partial charge is 0.273 e. The van der Waals surface area contributed by atoms with Crippen molar-refractivity contribution in [3.8, 4) is 0 Å². The third kappa shape index (κ3) is 3.40. The number of piperazine rings is 1. The molecule has 5 rings (SSSR count). The van der Waals surface area contributed by atoms with Crippen LogP contribution in [-0.2, 0) is 0 Å². The average molecular weight is 409 g/mol. The molecule has 0 bridgehead atoms. The first-order valence-electron chi connectivity index (χ1n) is 9.24. The maximum absolute atomic E-state index is 12.5. The molecule has 1 aliphatic heterocycles. The summed E-state index contributed by atoms with van der Waals surface area (Å²) < 4.78 is 1.80. The molecule has 0 aromatic carbocycles. The molecule has 1 amide bonds. The van der Waals surface area contributed by atoms with Crippen LogP contribution in [-0.4, -0.2) is 66.8 Å². The summed E-state index contributed by atoms with van der Waals surface area (Å²) in [4.78, 5) is 25.3. The highest BCUT2D eigenvalue weighted by molar-refractivity contribution is 7.07. The zero-order valence-electron chi connectivity index (χ0n) is 15.7. The monoisotopic (exact) mass is 409 g/mol. The molecule has 29 heavy (non-hydrogen) atoms. The molecule has 0 radical (unpaired) electrons. The number of fused-ring (bicyclic) bond motifs is 1. The van der Waals surface area contributed by atoms with Crippen molar-refractivity contribution in [3.05, 3.63) is 46.7 Å². The molecular weight excluding hydrogens is 390 g/mol. The molecule has 0 spiro atoms. The summed E-state index contributed by atoms with van der Waals surface area (Å²) in [5, 5.41) is 16.8. The molecule has 5 heterocycles. The van der Waals surface area contributed by atoms with E-state index in [1.807, 2.05) is 36.2 Å². The van der Waals surface area contributed by atoms with Crippen LogP contribution in [0, 0.1) is 6.92 Å². The molecule has 11 heteroatoms. The van der Waals surface area contributed by atoms with Crippen molar-refractivity contribution >= 4 is 40.3 Å². The van der Waals surface area contributed by atoms with Gasteiger partial charge in [-0.3, -0.25) is 9.89 Å². The highest BCUT2D eigenvalue weighted by Crippen LogP contribution is 2.22. The van der Waals surface area contributed by atoms with Gasteiger partial charge in [0.2, 0.25) is 5.95 Å². The first-order chi connectivity index (χ1) is 14.2. The van der Waals surface area contributed by atoms with Gasteiger partial charge in [0.05, 0.1) is 5.51 Å². The Hall–Kier alpha value is -3.47. The van der Waals surface area contributed by atoms with E-state index < -0.39 is 0 Å². The minimum absolute atomic E-state index is 0.0241. The van der Waals surface area contributed by atoms with E-state index in [0.717, 1.165) is 11.2 Å². The zero-order chi connectivity index (χ0) is 19.8. The van der Waals surface area contributed by atoms with Crippen molar-refractivity contribution in [2.24, 2.45) is 0 Å². The normalized spacial score (nSPS) is 14.5. The Balaban J connectivity index is 1.36. The second-order valence-corrected chi connectivity index (χ2v) is 7.53. The number of H-pyrrole nitrogens is 1. The van der Waals surface area contributed by atoms with Crippen LogP contribution in [0.2, 0.25) is 0 Å². The van der Waals surface area contributed by atoms with Crippen molar-refractivity contribution in [2.45, 2.75) is 6.92 Å². The largest absolute Gasteiger partial charge is 0.336 e. The van der Waals surface area contributed by atoms with E-state index in [-0.39, 0.29) is 5.91 Å². The van der Waals surface area contributed by atoms with Crippen LogP contribution in [0.4, 0.5) is 17.6 Å². The van der Waals surface area contributed by atoms with Crippen LogP contribution in [0.25, 0.3) is 5.52 Å². The molecule has 148 valence electrons. The highest BCUT2D eigenvalue weighted by Gasteiger charge is 2.25. The fraction of sp³-hybridized carbons (Fsp3) is 0.278. The Bertz CT molecular complexity index is 1140. The van der Waals surface area contributed by atoms with Crippen molar-refractivity contribution in [2.75, 3.05) is 36.4 Å². The Labute approximate surface area is 170 Å². The summed E-state index contributed by atoms with van der Waals surface area (Å²) in [5.74, 6) is 1.98. The summed E-state index contributed by atoms with van der Waals surface area (Å²) in [6.07, 6.45) is 1.89. The summed E-state index contributed by atoms with van der Waals surface area (Å²) >= 11 is 1.43. The van der Waals surface area contributed by atoms with Crippen molar-refractivity contribution in [1.82, 2.24) is 34.7 Å². The maximum Gasteiger partial charge on any atom is 0.273 e. The number of rotatable bonds is 4. The van der Waals surface area contributed by atoms with E-state index in [1.54, 1.807) is 15.4 Å². The molecule has 2 N–H and O–H groups in total. The Morgan fingerprint density at radius 3 is 2.86 bits per heavy atom. The van der Waals surface area contributed by atoms with Gasteiger partial charge in [-0.1, -0.05) is 0 Å². The van der Waals surface area contributed by atoms with Crippen LogP contribution < -0.4 is 10.2 Å².